The second-order valence-corrected chi connectivity index (χ2v) is 6.06. The second-order valence-electron chi connectivity index (χ2n) is 6.06. The van der Waals surface area contributed by atoms with Crippen LogP contribution in [0.1, 0.15) is 27.2 Å². The van der Waals surface area contributed by atoms with Crippen LogP contribution in [0.15, 0.2) is 0 Å². The molecule has 5 atom stereocenters. The Hall–Kier alpha value is -0.330. The van der Waals surface area contributed by atoms with Crippen LogP contribution >= 0.6 is 0 Å². The zero-order chi connectivity index (χ0) is 8.52. The topological polar surface area (TPSA) is 17.1 Å². The minimum Gasteiger partial charge on any atom is -0.299 e. The molecule has 0 N–H and O–H groups in total. The van der Waals surface area contributed by atoms with Crippen LogP contribution in [-0.2, 0) is 4.79 Å². The molecule has 0 radical (unpaired) electrons. The monoisotopic (exact) mass is 162 g/mol. The summed E-state index contributed by atoms with van der Waals surface area (Å²) in [4.78, 5) is 11.7. The van der Waals surface area contributed by atoms with Crippen LogP contribution in [0.3, 0.4) is 0 Å². The highest BCUT2D eigenvalue weighted by molar-refractivity contribution is 6.09. The fourth-order valence-electron chi connectivity index (χ4n) is 5.28. The van der Waals surface area contributed by atoms with Crippen LogP contribution in [-0.4, -0.2) is 5.78 Å². The fraction of sp³-hybridized carbons (Fsp3) is 0.909. The molecule has 1 nitrogen and oxygen atoms in total. The Balaban J connectivity index is 2.06. The molecule has 5 rings (SSSR count). The number of rotatable bonds is 0. The maximum absolute atomic E-state index is 11.7. The van der Waals surface area contributed by atoms with Crippen LogP contribution in [0, 0.1) is 34.0 Å². The summed E-state index contributed by atoms with van der Waals surface area (Å²) >= 11 is 0. The van der Waals surface area contributed by atoms with Crippen molar-refractivity contribution in [2.75, 3.05) is 0 Å². The van der Waals surface area contributed by atoms with E-state index < -0.39 is 0 Å². The standard InChI is InChI=1S/C11H14O/c1-9(2)10(3)5-4-11(9)7(6(5)10)8(11)12/h5-7H,4H2,1-3H3. The highest BCUT2D eigenvalue weighted by Gasteiger charge is 3.00. The third-order valence-corrected chi connectivity index (χ3v) is 6.32. The average Bonchev–Trinajstić information content (AvgIpc) is 2.67. The number of carbonyl (C=O) groups is 1. The molecule has 0 aromatic heterocycles. The van der Waals surface area contributed by atoms with E-state index >= 15 is 0 Å². The van der Waals surface area contributed by atoms with E-state index in [-0.39, 0.29) is 5.41 Å². The Morgan fingerprint density at radius 1 is 1.33 bits per heavy atom. The van der Waals surface area contributed by atoms with Gasteiger partial charge in [0.05, 0.1) is 0 Å². The Morgan fingerprint density at radius 2 is 2.00 bits per heavy atom. The predicted molar refractivity (Wildman–Crippen MR) is 44.4 cm³/mol. The normalized spacial score (nSPS) is 72.9. The van der Waals surface area contributed by atoms with Gasteiger partial charge in [-0.2, -0.15) is 0 Å². The van der Waals surface area contributed by atoms with Crippen molar-refractivity contribution in [1.29, 1.82) is 0 Å². The van der Waals surface area contributed by atoms with E-state index in [1.54, 1.807) is 0 Å². The van der Waals surface area contributed by atoms with E-state index in [4.69, 9.17) is 0 Å². The first-order chi connectivity index (χ1) is 5.49. The van der Waals surface area contributed by atoms with Gasteiger partial charge < -0.3 is 0 Å². The molecular formula is C11H14O. The van der Waals surface area contributed by atoms with Crippen LogP contribution in [0.2, 0.25) is 0 Å². The molecular weight excluding hydrogens is 148 g/mol. The first-order valence-electron chi connectivity index (χ1n) is 5.04. The molecule has 1 heteroatoms. The van der Waals surface area contributed by atoms with Gasteiger partial charge in [0.2, 0.25) is 0 Å². The van der Waals surface area contributed by atoms with Gasteiger partial charge in [-0.1, -0.05) is 20.8 Å². The molecule has 5 saturated carbocycles. The lowest BCUT2D eigenvalue weighted by Gasteiger charge is -2.31. The van der Waals surface area contributed by atoms with Crippen molar-refractivity contribution in [2.24, 2.45) is 34.0 Å². The first kappa shape index (κ1) is 6.17. The largest absolute Gasteiger partial charge is 0.299 e. The summed E-state index contributed by atoms with van der Waals surface area (Å²) in [5.41, 5.74) is 1.08. The highest BCUT2D eigenvalue weighted by Crippen LogP contribution is 2.99. The fourth-order valence-corrected chi connectivity index (χ4v) is 5.28. The maximum atomic E-state index is 11.7. The Morgan fingerprint density at radius 3 is 2.25 bits per heavy atom. The number of hydrogen-bond acceptors (Lipinski definition) is 1. The van der Waals surface area contributed by atoms with Crippen LogP contribution in [0.25, 0.3) is 0 Å². The summed E-state index contributed by atoms with van der Waals surface area (Å²) in [5.74, 6) is 2.86. The Labute approximate surface area is 72.5 Å². The van der Waals surface area contributed by atoms with E-state index in [1.165, 1.54) is 6.42 Å². The average molecular weight is 162 g/mol. The highest BCUT2D eigenvalue weighted by atomic mass is 16.1. The summed E-state index contributed by atoms with van der Waals surface area (Å²) in [6.07, 6.45) is 1.24. The van der Waals surface area contributed by atoms with E-state index in [0.717, 1.165) is 11.8 Å². The minimum absolute atomic E-state index is 0.192. The summed E-state index contributed by atoms with van der Waals surface area (Å²) in [6, 6.07) is 0. The van der Waals surface area contributed by atoms with E-state index in [0.29, 0.717) is 22.5 Å². The van der Waals surface area contributed by atoms with Crippen LogP contribution in [0.4, 0.5) is 0 Å². The van der Waals surface area contributed by atoms with Gasteiger partial charge in [-0.3, -0.25) is 4.79 Å². The van der Waals surface area contributed by atoms with Crippen molar-refractivity contribution in [1.82, 2.24) is 0 Å². The quantitative estimate of drug-likeness (QED) is 0.531. The molecule has 0 heterocycles. The lowest BCUT2D eigenvalue weighted by atomic mass is 9.72. The van der Waals surface area contributed by atoms with Gasteiger partial charge in [0, 0.05) is 11.3 Å². The Bertz CT molecular complexity index is 343. The summed E-state index contributed by atoms with van der Waals surface area (Å²) in [6.45, 7) is 7.08. The second kappa shape index (κ2) is 1.06. The number of Topliss-reactive ketones (excluding diaryl/α,β-unsaturated/α-hetero) is 1. The first-order valence-corrected chi connectivity index (χ1v) is 5.04. The predicted octanol–water partition coefficient (Wildman–Crippen LogP) is 1.87. The molecule has 1 spiro atoms. The van der Waals surface area contributed by atoms with Crippen molar-refractivity contribution in [3.8, 4) is 0 Å². The van der Waals surface area contributed by atoms with Gasteiger partial charge in [0.1, 0.15) is 5.78 Å². The summed E-state index contributed by atoms with van der Waals surface area (Å²) in [5, 5.41) is 0. The van der Waals surface area contributed by atoms with Crippen LogP contribution in [0.5, 0.6) is 0 Å². The molecule has 0 aromatic rings. The number of hydrogen-bond donors (Lipinski definition) is 0. The van der Waals surface area contributed by atoms with Crippen molar-refractivity contribution >= 4 is 5.78 Å². The number of ketones is 1. The van der Waals surface area contributed by atoms with Gasteiger partial charge in [-0.15, -0.1) is 0 Å². The van der Waals surface area contributed by atoms with Gasteiger partial charge in [-0.25, -0.2) is 0 Å². The minimum atomic E-state index is 0.192. The zero-order valence-corrected chi connectivity index (χ0v) is 7.85. The molecule has 5 unspecified atom stereocenters. The van der Waals surface area contributed by atoms with Crippen molar-refractivity contribution < 1.29 is 4.79 Å². The Kier molecular flexibility index (Phi) is 0.546. The lowest BCUT2D eigenvalue weighted by Crippen LogP contribution is -2.29. The van der Waals surface area contributed by atoms with Gasteiger partial charge in [-0.05, 0) is 29.1 Å². The summed E-state index contributed by atoms with van der Waals surface area (Å²) in [7, 11) is 0. The van der Waals surface area contributed by atoms with Crippen molar-refractivity contribution in [2.45, 2.75) is 27.2 Å². The van der Waals surface area contributed by atoms with Gasteiger partial charge >= 0.3 is 0 Å². The third-order valence-electron chi connectivity index (χ3n) is 6.32. The zero-order valence-electron chi connectivity index (χ0n) is 7.85. The van der Waals surface area contributed by atoms with Crippen molar-refractivity contribution in [3.05, 3.63) is 0 Å². The maximum Gasteiger partial charge on any atom is 0.144 e. The molecule has 4 bridgehead atoms. The molecule has 5 aliphatic rings. The molecule has 5 aliphatic carbocycles. The van der Waals surface area contributed by atoms with E-state index in [9.17, 15) is 4.79 Å². The molecule has 0 aliphatic heterocycles. The van der Waals surface area contributed by atoms with Crippen LogP contribution < -0.4 is 0 Å². The molecule has 12 heavy (non-hydrogen) atoms. The molecule has 5 fully saturated rings. The van der Waals surface area contributed by atoms with Crippen molar-refractivity contribution in [3.63, 3.8) is 0 Å². The molecule has 0 aromatic carbocycles. The van der Waals surface area contributed by atoms with E-state index in [2.05, 4.69) is 20.8 Å². The van der Waals surface area contributed by atoms with Gasteiger partial charge in [0.25, 0.3) is 0 Å². The SMILES string of the molecule is CC12C3CC4(C(=O)C4C31)C2(C)C. The molecule has 0 saturated heterocycles. The molecule has 64 valence electrons. The number of carbonyl (C=O) groups excluding carboxylic acids is 1. The third kappa shape index (κ3) is 0.243. The summed E-state index contributed by atoms with van der Waals surface area (Å²) < 4.78 is 0. The lowest BCUT2D eigenvalue weighted by molar-refractivity contribution is -0.117. The van der Waals surface area contributed by atoms with Gasteiger partial charge in [0.15, 0.2) is 0 Å². The van der Waals surface area contributed by atoms with E-state index in [1.807, 2.05) is 0 Å². The smallest absolute Gasteiger partial charge is 0.144 e. The molecule has 0 amide bonds.